The third-order valence-corrected chi connectivity index (χ3v) is 5.09. The van der Waals surface area contributed by atoms with Crippen molar-refractivity contribution < 1.29 is 14.5 Å². The van der Waals surface area contributed by atoms with E-state index in [2.05, 4.69) is 9.88 Å². The summed E-state index contributed by atoms with van der Waals surface area (Å²) in [5.74, 6) is 1.41. The first-order chi connectivity index (χ1) is 13.4. The van der Waals surface area contributed by atoms with E-state index in [0.717, 1.165) is 28.3 Å². The standard InChI is InChI=1S/C20H24N4O4/c1-14-5-4-6-18(16(14)3)28-13-19(25)22-7-9-23(10-8-22)20-15(2)11-17(12-21-20)24(26)27/h4-6,11-12H,7-10,13H2,1-3H3. The molecule has 28 heavy (non-hydrogen) atoms. The molecular weight excluding hydrogens is 360 g/mol. The molecule has 2 aromatic rings. The van der Waals surface area contributed by atoms with Crippen LogP contribution in [0.4, 0.5) is 11.5 Å². The van der Waals surface area contributed by atoms with E-state index in [1.54, 1.807) is 4.90 Å². The fourth-order valence-electron chi connectivity index (χ4n) is 3.26. The van der Waals surface area contributed by atoms with Gasteiger partial charge in [0.1, 0.15) is 17.8 Å². The van der Waals surface area contributed by atoms with Crippen LogP contribution in [0.15, 0.2) is 30.5 Å². The van der Waals surface area contributed by atoms with Crippen molar-refractivity contribution in [3.63, 3.8) is 0 Å². The predicted molar refractivity (Wildman–Crippen MR) is 106 cm³/mol. The topological polar surface area (TPSA) is 88.8 Å². The third kappa shape index (κ3) is 4.21. The fourth-order valence-corrected chi connectivity index (χ4v) is 3.26. The molecule has 3 rings (SSSR count). The Kier molecular flexibility index (Phi) is 5.77. The van der Waals surface area contributed by atoms with Crippen molar-refractivity contribution in [1.82, 2.24) is 9.88 Å². The van der Waals surface area contributed by atoms with E-state index >= 15 is 0 Å². The highest BCUT2D eigenvalue weighted by atomic mass is 16.6. The number of nitrogens with zero attached hydrogens (tertiary/aromatic N) is 4. The molecule has 2 heterocycles. The Hall–Kier alpha value is -3.16. The van der Waals surface area contributed by atoms with Gasteiger partial charge in [-0.3, -0.25) is 14.9 Å². The molecule has 8 nitrogen and oxygen atoms in total. The highest BCUT2D eigenvalue weighted by Gasteiger charge is 2.24. The molecular formula is C20H24N4O4. The summed E-state index contributed by atoms with van der Waals surface area (Å²) in [6, 6.07) is 7.33. The van der Waals surface area contributed by atoms with Gasteiger partial charge in [-0.2, -0.15) is 0 Å². The summed E-state index contributed by atoms with van der Waals surface area (Å²) < 4.78 is 5.72. The lowest BCUT2D eigenvalue weighted by atomic mass is 10.1. The molecule has 0 bridgehead atoms. The van der Waals surface area contributed by atoms with Gasteiger partial charge in [-0.1, -0.05) is 12.1 Å². The molecule has 1 fully saturated rings. The number of hydrogen-bond acceptors (Lipinski definition) is 6. The van der Waals surface area contributed by atoms with Gasteiger partial charge >= 0.3 is 0 Å². The van der Waals surface area contributed by atoms with Crippen molar-refractivity contribution in [3.05, 3.63) is 57.3 Å². The Morgan fingerprint density at radius 2 is 1.89 bits per heavy atom. The Bertz CT molecular complexity index is 892. The number of ether oxygens (including phenoxy) is 1. The van der Waals surface area contributed by atoms with E-state index < -0.39 is 4.92 Å². The first-order valence-corrected chi connectivity index (χ1v) is 9.19. The fraction of sp³-hybridized carbons (Fsp3) is 0.400. The van der Waals surface area contributed by atoms with Gasteiger partial charge in [-0.05, 0) is 43.5 Å². The van der Waals surface area contributed by atoms with Gasteiger partial charge in [-0.25, -0.2) is 4.98 Å². The molecule has 1 amide bonds. The Morgan fingerprint density at radius 3 is 2.54 bits per heavy atom. The second-order valence-corrected chi connectivity index (χ2v) is 6.95. The Balaban J connectivity index is 1.55. The maximum Gasteiger partial charge on any atom is 0.287 e. The highest BCUT2D eigenvalue weighted by Crippen LogP contribution is 2.23. The Labute approximate surface area is 163 Å². The molecule has 1 aliphatic rings. The highest BCUT2D eigenvalue weighted by molar-refractivity contribution is 5.78. The van der Waals surface area contributed by atoms with Crippen LogP contribution in [0, 0.1) is 30.9 Å². The lowest BCUT2D eigenvalue weighted by molar-refractivity contribution is -0.385. The number of aromatic nitrogens is 1. The third-order valence-electron chi connectivity index (χ3n) is 5.09. The number of amides is 1. The molecule has 148 valence electrons. The average molecular weight is 384 g/mol. The molecule has 1 saturated heterocycles. The second-order valence-electron chi connectivity index (χ2n) is 6.95. The normalized spacial score (nSPS) is 14.1. The van der Waals surface area contributed by atoms with Crippen LogP contribution in [0.25, 0.3) is 0 Å². The van der Waals surface area contributed by atoms with Crippen molar-refractivity contribution in [2.45, 2.75) is 20.8 Å². The van der Waals surface area contributed by atoms with Crippen LogP contribution in [0.1, 0.15) is 16.7 Å². The minimum absolute atomic E-state index is 0.0130. The van der Waals surface area contributed by atoms with Crippen molar-refractivity contribution in [3.8, 4) is 5.75 Å². The van der Waals surface area contributed by atoms with Crippen LogP contribution in [-0.2, 0) is 4.79 Å². The summed E-state index contributed by atoms with van der Waals surface area (Å²) in [5, 5.41) is 10.9. The van der Waals surface area contributed by atoms with Gasteiger partial charge in [-0.15, -0.1) is 0 Å². The van der Waals surface area contributed by atoms with E-state index in [4.69, 9.17) is 4.74 Å². The van der Waals surface area contributed by atoms with Crippen molar-refractivity contribution in [1.29, 1.82) is 0 Å². The summed E-state index contributed by atoms with van der Waals surface area (Å²) in [7, 11) is 0. The largest absolute Gasteiger partial charge is 0.483 e. The zero-order chi connectivity index (χ0) is 20.3. The molecule has 0 radical (unpaired) electrons. The smallest absolute Gasteiger partial charge is 0.287 e. The Morgan fingerprint density at radius 1 is 1.18 bits per heavy atom. The monoisotopic (exact) mass is 384 g/mol. The SMILES string of the molecule is Cc1cc([N+](=O)[O-])cnc1N1CCN(C(=O)COc2cccc(C)c2C)CC1. The van der Waals surface area contributed by atoms with Crippen LogP contribution in [-0.4, -0.2) is 53.5 Å². The van der Waals surface area contributed by atoms with Gasteiger partial charge in [0.25, 0.3) is 11.6 Å². The van der Waals surface area contributed by atoms with Gasteiger partial charge in [0, 0.05) is 32.2 Å². The molecule has 0 aliphatic carbocycles. The number of benzene rings is 1. The second kappa shape index (κ2) is 8.24. The zero-order valence-electron chi connectivity index (χ0n) is 16.3. The minimum atomic E-state index is -0.448. The summed E-state index contributed by atoms with van der Waals surface area (Å²) in [4.78, 5) is 31.0. The summed E-state index contributed by atoms with van der Waals surface area (Å²) >= 11 is 0. The summed E-state index contributed by atoms with van der Waals surface area (Å²) in [5.41, 5.74) is 2.91. The molecule has 1 aromatic heterocycles. The minimum Gasteiger partial charge on any atom is -0.483 e. The number of aryl methyl sites for hydroxylation is 2. The molecule has 1 aliphatic heterocycles. The summed E-state index contributed by atoms with van der Waals surface area (Å²) in [6.45, 7) is 8.19. The van der Waals surface area contributed by atoms with Gasteiger partial charge in [0.05, 0.1) is 4.92 Å². The number of carbonyl (C=O) groups excluding carboxylic acids is 1. The number of nitro groups is 1. The van der Waals surface area contributed by atoms with Crippen molar-refractivity contribution >= 4 is 17.4 Å². The van der Waals surface area contributed by atoms with Crippen LogP contribution in [0.2, 0.25) is 0 Å². The zero-order valence-corrected chi connectivity index (χ0v) is 16.3. The quantitative estimate of drug-likeness (QED) is 0.582. The van der Waals surface area contributed by atoms with Gasteiger partial charge < -0.3 is 14.5 Å². The number of anilines is 1. The molecule has 8 heteroatoms. The maximum atomic E-state index is 12.5. The van der Waals surface area contributed by atoms with Crippen LogP contribution in [0.5, 0.6) is 5.75 Å². The first-order valence-electron chi connectivity index (χ1n) is 9.19. The van der Waals surface area contributed by atoms with Crippen molar-refractivity contribution in [2.24, 2.45) is 0 Å². The molecule has 0 atom stereocenters. The van der Waals surface area contributed by atoms with E-state index in [-0.39, 0.29) is 18.2 Å². The number of rotatable bonds is 5. The van der Waals surface area contributed by atoms with Crippen LogP contribution in [0.3, 0.4) is 0 Å². The lowest BCUT2D eigenvalue weighted by Crippen LogP contribution is -2.50. The molecule has 0 N–H and O–H groups in total. The number of hydrogen-bond donors (Lipinski definition) is 0. The van der Waals surface area contributed by atoms with Crippen molar-refractivity contribution in [2.75, 3.05) is 37.7 Å². The molecule has 0 spiro atoms. The molecule has 0 unspecified atom stereocenters. The first kappa shape index (κ1) is 19.6. The average Bonchev–Trinajstić information content (AvgIpc) is 2.69. The lowest BCUT2D eigenvalue weighted by Gasteiger charge is -2.35. The van der Waals surface area contributed by atoms with Crippen LogP contribution >= 0.6 is 0 Å². The van der Waals surface area contributed by atoms with Crippen LogP contribution < -0.4 is 9.64 Å². The maximum absolute atomic E-state index is 12.5. The van der Waals surface area contributed by atoms with E-state index in [0.29, 0.717) is 26.2 Å². The predicted octanol–water partition coefficient (Wildman–Crippen LogP) is 2.64. The number of piperazine rings is 1. The van der Waals surface area contributed by atoms with E-state index in [9.17, 15) is 14.9 Å². The van der Waals surface area contributed by atoms with E-state index in [1.165, 1.54) is 12.3 Å². The van der Waals surface area contributed by atoms with E-state index in [1.807, 2.05) is 39.0 Å². The summed E-state index contributed by atoms with van der Waals surface area (Å²) in [6.07, 6.45) is 1.28. The van der Waals surface area contributed by atoms with Gasteiger partial charge in [0.2, 0.25) is 0 Å². The molecule has 1 aromatic carbocycles. The molecule has 0 saturated carbocycles. The van der Waals surface area contributed by atoms with Gasteiger partial charge in [0.15, 0.2) is 6.61 Å². The number of pyridine rings is 1. The number of carbonyl (C=O) groups is 1.